The topological polar surface area (TPSA) is 108 Å². The van der Waals surface area contributed by atoms with Crippen molar-refractivity contribution in [1.82, 2.24) is 16.0 Å². The van der Waals surface area contributed by atoms with Crippen LogP contribution in [0.25, 0.3) is 0 Å². The third kappa shape index (κ3) is 5.61. The molecule has 0 saturated heterocycles. The number of hydrogen-bond acceptors (Lipinski definition) is 3. The molecule has 0 spiro atoms. The van der Waals surface area contributed by atoms with Crippen LogP contribution in [0.15, 0.2) is 0 Å². The van der Waals surface area contributed by atoms with Crippen molar-refractivity contribution in [1.29, 1.82) is 0 Å². The monoisotopic (exact) mass is 299 g/mol. The van der Waals surface area contributed by atoms with Gasteiger partial charge in [0.2, 0.25) is 5.91 Å². The van der Waals surface area contributed by atoms with E-state index in [9.17, 15) is 19.5 Å². The molecule has 0 unspecified atom stereocenters. The van der Waals surface area contributed by atoms with Gasteiger partial charge < -0.3 is 21.1 Å². The van der Waals surface area contributed by atoms with Crippen molar-refractivity contribution < 1.29 is 19.5 Å². The third-order valence-electron chi connectivity index (χ3n) is 3.72. The number of carbonyl (C=O) groups excluding carboxylic acids is 2. The zero-order valence-electron chi connectivity index (χ0n) is 12.7. The second-order valence-electron chi connectivity index (χ2n) is 6.03. The van der Waals surface area contributed by atoms with Crippen molar-refractivity contribution in [3.05, 3.63) is 0 Å². The molecular weight excluding hydrogens is 274 g/mol. The normalized spacial score (nSPS) is 16.5. The minimum absolute atomic E-state index is 0.0990. The van der Waals surface area contributed by atoms with E-state index in [1.54, 1.807) is 0 Å². The van der Waals surface area contributed by atoms with E-state index in [2.05, 4.69) is 16.0 Å². The number of carboxylic acids is 1. The molecule has 0 radical (unpaired) electrons. The van der Waals surface area contributed by atoms with Crippen LogP contribution in [0.1, 0.15) is 39.5 Å². The molecule has 0 bridgehead atoms. The Hall–Kier alpha value is -1.79. The van der Waals surface area contributed by atoms with E-state index in [4.69, 9.17) is 0 Å². The van der Waals surface area contributed by atoms with Crippen LogP contribution in [-0.4, -0.2) is 42.6 Å². The van der Waals surface area contributed by atoms with Crippen LogP contribution in [0, 0.1) is 11.3 Å². The first-order valence-electron chi connectivity index (χ1n) is 7.37. The molecule has 0 aromatic carbocycles. The third-order valence-corrected chi connectivity index (χ3v) is 3.72. The molecule has 1 fully saturated rings. The maximum Gasteiger partial charge on any atom is 0.315 e. The van der Waals surface area contributed by atoms with Gasteiger partial charge in [0, 0.05) is 13.1 Å². The fourth-order valence-electron chi connectivity index (χ4n) is 2.37. The summed E-state index contributed by atoms with van der Waals surface area (Å²) < 4.78 is 0. The lowest BCUT2D eigenvalue weighted by Gasteiger charge is -2.23. The summed E-state index contributed by atoms with van der Waals surface area (Å²) in [5.74, 6) is -0.775. The van der Waals surface area contributed by atoms with Crippen LogP contribution < -0.4 is 16.0 Å². The molecule has 4 N–H and O–H groups in total. The first kappa shape index (κ1) is 17.3. The first-order chi connectivity index (χ1) is 9.85. The van der Waals surface area contributed by atoms with Gasteiger partial charge in [-0.15, -0.1) is 0 Å². The van der Waals surface area contributed by atoms with E-state index in [-0.39, 0.29) is 19.0 Å². The molecule has 0 aromatic heterocycles. The number of aliphatic carboxylic acids is 1. The Kier molecular flexibility index (Phi) is 6.45. The minimum atomic E-state index is -0.866. The summed E-state index contributed by atoms with van der Waals surface area (Å²) in [6.45, 7) is 4.51. The second kappa shape index (κ2) is 7.85. The van der Waals surface area contributed by atoms with Crippen molar-refractivity contribution in [3.63, 3.8) is 0 Å². The van der Waals surface area contributed by atoms with Gasteiger partial charge in [0.15, 0.2) is 0 Å². The van der Waals surface area contributed by atoms with Crippen LogP contribution in [0.2, 0.25) is 0 Å². The smallest absolute Gasteiger partial charge is 0.315 e. The number of carbonyl (C=O) groups is 3. The summed E-state index contributed by atoms with van der Waals surface area (Å²) in [5.41, 5.74) is -0.850. The lowest BCUT2D eigenvalue weighted by atomic mass is 9.86. The Labute approximate surface area is 124 Å². The zero-order chi connectivity index (χ0) is 15.9. The lowest BCUT2D eigenvalue weighted by Crippen LogP contribution is -2.47. The Balaban J connectivity index is 2.27. The highest BCUT2D eigenvalue weighted by Crippen LogP contribution is 2.37. The van der Waals surface area contributed by atoms with Crippen LogP contribution in [0.3, 0.4) is 0 Å². The van der Waals surface area contributed by atoms with Crippen molar-refractivity contribution in [3.8, 4) is 0 Å². The molecule has 1 aliphatic carbocycles. The van der Waals surface area contributed by atoms with Crippen molar-refractivity contribution in [2.24, 2.45) is 11.3 Å². The Morgan fingerprint density at radius 1 is 1.10 bits per heavy atom. The van der Waals surface area contributed by atoms with Crippen LogP contribution in [0.4, 0.5) is 4.79 Å². The molecule has 0 heterocycles. The van der Waals surface area contributed by atoms with E-state index in [1.807, 2.05) is 13.8 Å². The van der Waals surface area contributed by atoms with Gasteiger partial charge in [0.25, 0.3) is 0 Å². The van der Waals surface area contributed by atoms with Gasteiger partial charge in [-0.25, -0.2) is 4.79 Å². The fraction of sp³-hybridized carbons (Fsp3) is 0.786. The van der Waals surface area contributed by atoms with Gasteiger partial charge in [-0.3, -0.25) is 9.59 Å². The highest BCUT2D eigenvalue weighted by atomic mass is 16.4. The van der Waals surface area contributed by atoms with E-state index < -0.39 is 17.4 Å². The first-order valence-corrected chi connectivity index (χ1v) is 7.37. The summed E-state index contributed by atoms with van der Waals surface area (Å²) in [4.78, 5) is 34.4. The number of nitrogens with one attached hydrogen (secondary N) is 3. The number of rotatable bonds is 7. The summed E-state index contributed by atoms with van der Waals surface area (Å²) in [5, 5.41) is 17.0. The van der Waals surface area contributed by atoms with E-state index in [0.29, 0.717) is 25.3 Å². The molecule has 0 aromatic rings. The number of amides is 3. The van der Waals surface area contributed by atoms with Gasteiger partial charge in [-0.1, -0.05) is 26.7 Å². The molecule has 3 amide bonds. The molecule has 1 aliphatic rings. The number of urea groups is 1. The minimum Gasteiger partial charge on any atom is -0.481 e. The molecule has 120 valence electrons. The number of carboxylic acid groups (broad SMARTS) is 1. The molecule has 1 saturated carbocycles. The van der Waals surface area contributed by atoms with Gasteiger partial charge >= 0.3 is 12.0 Å². The molecule has 1 rings (SSSR count). The quantitative estimate of drug-likeness (QED) is 0.555. The summed E-state index contributed by atoms with van der Waals surface area (Å²) in [6, 6.07) is -0.512. The van der Waals surface area contributed by atoms with Gasteiger partial charge in [0.05, 0.1) is 12.0 Å². The Bertz CT molecular complexity index is 390. The summed E-state index contributed by atoms with van der Waals surface area (Å²) >= 11 is 0. The Morgan fingerprint density at radius 2 is 1.71 bits per heavy atom. The van der Waals surface area contributed by atoms with Gasteiger partial charge in [-0.2, -0.15) is 0 Å². The fourth-order valence-corrected chi connectivity index (χ4v) is 2.37. The highest BCUT2D eigenvalue weighted by Gasteiger charge is 2.41. The largest absolute Gasteiger partial charge is 0.481 e. The van der Waals surface area contributed by atoms with Gasteiger partial charge in [-0.05, 0) is 18.8 Å². The van der Waals surface area contributed by atoms with Crippen molar-refractivity contribution in [2.45, 2.75) is 39.5 Å². The average Bonchev–Trinajstić information content (AvgIpc) is 2.90. The summed E-state index contributed by atoms with van der Waals surface area (Å²) in [6.07, 6.45) is 2.90. The van der Waals surface area contributed by atoms with Crippen LogP contribution in [0.5, 0.6) is 0 Å². The predicted octanol–water partition coefficient (Wildman–Crippen LogP) is 0.703. The maximum atomic E-state index is 11.6. The van der Waals surface area contributed by atoms with Crippen molar-refractivity contribution in [2.75, 3.05) is 19.6 Å². The van der Waals surface area contributed by atoms with E-state index in [0.717, 1.165) is 12.8 Å². The SMILES string of the molecule is CC(C)CNC(=O)CNC(=O)NCC1(C(=O)O)CCCC1. The zero-order valence-corrected chi connectivity index (χ0v) is 12.7. The maximum absolute atomic E-state index is 11.6. The molecule has 0 atom stereocenters. The standard InChI is InChI=1S/C14H25N3O4/c1-10(2)7-15-11(18)8-16-13(21)17-9-14(12(19)20)5-3-4-6-14/h10H,3-9H2,1-2H3,(H,15,18)(H,19,20)(H2,16,17,21). The van der Waals surface area contributed by atoms with Crippen molar-refractivity contribution >= 4 is 17.9 Å². The Morgan fingerprint density at radius 3 is 2.24 bits per heavy atom. The highest BCUT2D eigenvalue weighted by molar-refractivity contribution is 5.84. The predicted molar refractivity (Wildman–Crippen MR) is 77.8 cm³/mol. The molecule has 0 aliphatic heterocycles. The molecular formula is C14H25N3O4. The second-order valence-corrected chi connectivity index (χ2v) is 6.03. The van der Waals surface area contributed by atoms with Crippen LogP contribution in [-0.2, 0) is 9.59 Å². The van der Waals surface area contributed by atoms with E-state index >= 15 is 0 Å². The van der Waals surface area contributed by atoms with E-state index in [1.165, 1.54) is 0 Å². The molecule has 7 heteroatoms. The molecule has 7 nitrogen and oxygen atoms in total. The average molecular weight is 299 g/mol. The van der Waals surface area contributed by atoms with Crippen LogP contribution >= 0.6 is 0 Å². The molecule has 21 heavy (non-hydrogen) atoms. The van der Waals surface area contributed by atoms with Gasteiger partial charge in [0.1, 0.15) is 0 Å². The summed E-state index contributed by atoms with van der Waals surface area (Å²) in [7, 11) is 0. The number of hydrogen-bond donors (Lipinski definition) is 4. The lowest BCUT2D eigenvalue weighted by molar-refractivity contribution is -0.148.